The van der Waals surface area contributed by atoms with Crippen LogP contribution in [-0.4, -0.2) is 10.1 Å². The molecule has 0 aliphatic carbocycles. The van der Waals surface area contributed by atoms with Gasteiger partial charge in [-0.15, -0.1) is 0 Å². The lowest BCUT2D eigenvalue weighted by Crippen LogP contribution is -1.88. The zero-order chi connectivity index (χ0) is 14.7. The van der Waals surface area contributed by atoms with E-state index >= 15 is 0 Å². The SMILES string of the molecule is Cc1ccc(-c2noc(-c3ccccc3CC#N)n2)cc1. The highest BCUT2D eigenvalue weighted by Crippen LogP contribution is 2.25. The van der Waals surface area contributed by atoms with Gasteiger partial charge in [0, 0.05) is 11.1 Å². The standard InChI is InChI=1S/C17H13N3O/c1-12-6-8-14(9-7-12)16-19-17(21-20-16)15-5-3-2-4-13(15)10-11-18/h2-9H,10H2,1H3. The van der Waals surface area contributed by atoms with Crippen LogP contribution in [0.3, 0.4) is 0 Å². The summed E-state index contributed by atoms with van der Waals surface area (Å²) in [7, 11) is 0. The van der Waals surface area contributed by atoms with Crippen LogP contribution < -0.4 is 0 Å². The van der Waals surface area contributed by atoms with Crippen molar-refractivity contribution in [2.75, 3.05) is 0 Å². The van der Waals surface area contributed by atoms with Gasteiger partial charge in [0.05, 0.1) is 12.5 Å². The van der Waals surface area contributed by atoms with Crippen LogP contribution in [0.15, 0.2) is 53.1 Å². The molecule has 0 atom stereocenters. The van der Waals surface area contributed by atoms with E-state index in [4.69, 9.17) is 9.78 Å². The summed E-state index contributed by atoms with van der Waals surface area (Å²) in [6.07, 6.45) is 0.318. The van der Waals surface area contributed by atoms with E-state index in [1.165, 1.54) is 5.56 Å². The molecular weight excluding hydrogens is 262 g/mol. The van der Waals surface area contributed by atoms with Crippen LogP contribution >= 0.6 is 0 Å². The van der Waals surface area contributed by atoms with Crippen LogP contribution in [0.4, 0.5) is 0 Å². The Balaban J connectivity index is 1.99. The Labute approximate surface area is 122 Å². The summed E-state index contributed by atoms with van der Waals surface area (Å²) in [5.74, 6) is 0.994. The average molecular weight is 275 g/mol. The Hall–Kier alpha value is -2.93. The largest absolute Gasteiger partial charge is 0.334 e. The summed E-state index contributed by atoms with van der Waals surface area (Å²) in [5, 5.41) is 12.9. The summed E-state index contributed by atoms with van der Waals surface area (Å²) in [5.41, 5.74) is 3.79. The Bertz CT molecular complexity index is 797. The van der Waals surface area contributed by atoms with Crippen molar-refractivity contribution < 1.29 is 4.52 Å². The number of aromatic nitrogens is 2. The van der Waals surface area contributed by atoms with Gasteiger partial charge in [-0.3, -0.25) is 0 Å². The van der Waals surface area contributed by atoms with Crippen molar-refractivity contribution >= 4 is 0 Å². The quantitative estimate of drug-likeness (QED) is 0.729. The molecule has 0 aliphatic heterocycles. The third-order valence-corrected chi connectivity index (χ3v) is 3.25. The topological polar surface area (TPSA) is 62.7 Å². The smallest absolute Gasteiger partial charge is 0.258 e. The molecule has 0 bridgehead atoms. The van der Waals surface area contributed by atoms with Gasteiger partial charge < -0.3 is 4.52 Å². The van der Waals surface area contributed by atoms with Gasteiger partial charge in [-0.2, -0.15) is 10.2 Å². The lowest BCUT2D eigenvalue weighted by atomic mass is 10.1. The van der Waals surface area contributed by atoms with Gasteiger partial charge in [0.1, 0.15) is 0 Å². The fraction of sp³-hybridized carbons (Fsp3) is 0.118. The van der Waals surface area contributed by atoms with Gasteiger partial charge in [0.2, 0.25) is 5.82 Å². The molecule has 0 aliphatic rings. The van der Waals surface area contributed by atoms with E-state index in [0.717, 1.165) is 16.7 Å². The number of aryl methyl sites for hydroxylation is 1. The van der Waals surface area contributed by atoms with Gasteiger partial charge in [-0.1, -0.05) is 53.2 Å². The molecule has 1 heterocycles. The normalized spacial score (nSPS) is 10.3. The molecule has 102 valence electrons. The number of rotatable bonds is 3. The van der Waals surface area contributed by atoms with Crippen molar-refractivity contribution in [1.29, 1.82) is 5.26 Å². The summed E-state index contributed by atoms with van der Waals surface area (Å²) in [4.78, 5) is 4.44. The van der Waals surface area contributed by atoms with Crippen LogP contribution in [0.1, 0.15) is 11.1 Å². The zero-order valence-corrected chi connectivity index (χ0v) is 11.6. The number of hydrogen-bond acceptors (Lipinski definition) is 4. The van der Waals surface area contributed by atoms with Crippen molar-refractivity contribution in [3.8, 4) is 28.9 Å². The number of nitrogens with zero attached hydrogens (tertiary/aromatic N) is 3. The highest BCUT2D eigenvalue weighted by molar-refractivity contribution is 5.63. The molecule has 3 rings (SSSR count). The van der Waals surface area contributed by atoms with E-state index < -0.39 is 0 Å². The van der Waals surface area contributed by atoms with Crippen LogP contribution in [-0.2, 0) is 6.42 Å². The van der Waals surface area contributed by atoms with E-state index in [-0.39, 0.29) is 0 Å². The average Bonchev–Trinajstić information content (AvgIpc) is 2.99. The zero-order valence-electron chi connectivity index (χ0n) is 11.6. The predicted molar refractivity (Wildman–Crippen MR) is 79.2 cm³/mol. The summed E-state index contributed by atoms with van der Waals surface area (Å²) < 4.78 is 5.35. The Morgan fingerprint density at radius 2 is 1.86 bits per heavy atom. The summed E-state index contributed by atoms with van der Waals surface area (Å²) in [6, 6.07) is 17.7. The minimum Gasteiger partial charge on any atom is -0.334 e. The first kappa shape index (κ1) is 13.1. The molecule has 0 spiro atoms. The first-order valence-corrected chi connectivity index (χ1v) is 6.64. The molecule has 0 saturated heterocycles. The van der Waals surface area contributed by atoms with Gasteiger partial charge in [0.25, 0.3) is 5.89 Å². The first-order valence-electron chi connectivity index (χ1n) is 6.64. The lowest BCUT2D eigenvalue weighted by molar-refractivity contribution is 0.432. The predicted octanol–water partition coefficient (Wildman–Crippen LogP) is 3.78. The van der Waals surface area contributed by atoms with E-state index in [2.05, 4.69) is 16.2 Å². The lowest BCUT2D eigenvalue weighted by Gasteiger charge is -2.00. The molecule has 0 saturated carbocycles. The molecule has 3 aromatic rings. The van der Waals surface area contributed by atoms with Crippen LogP contribution in [0.2, 0.25) is 0 Å². The fourth-order valence-corrected chi connectivity index (χ4v) is 2.12. The third-order valence-electron chi connectivity index (χ3n) is 3.25. The van der Waals surface area contributed by atoms with Crippen LogP contribution in [0, 0.1) is 18.3 Å². The second kappa shape index (κ2) is 5.59. The molecule has 4 heteroatoms. The molecule has 1 aromatic heterocycles. The van der Waals surface area contributed by atoms with Crippen LogP contribution in [0.25, 0.3) is 22.8 Å². The first-order chi connectivity index (χ1) is 10.3. The monoisotopic (exact) mass is 275 g/mol. The molecule has 0 radical (unpaired) electrons. The van der Waals surface area contributed by atoms with Gasteiger partial charge in [0.15, 0.2) is 0 Å². The van der Waals surface area contributed by atoms with Crippen molar-refractivity contribution in [3.05, 3.63) is 59.7 Å². The Morgan fingerprint density at radius 3 is 2.62 bits per heavy atom. The van der Waals surface area contributed by atoms with Crippen molar-refractivity contribution in [1.82, 2.24) is 10.1 Å². The number of nitriles is 1. The summed E-state index contributed by atoms with van der Waals surface area (Å²) in [6.45, 7) is 2.03. The van der Waals surface area contributed by atoms with E-state index in [1.54, 1.807) is 0 Å². The maximum atomic E-state index is 8.88. The van der Waals surface area contributed by atoms with Crippen LogP contribution in [0.5, 0.6) is 0 Å². The summed E-state index contributed by atoms with van der Waals surface area (Å²) >= 11 is 0. The van der Waals surface area contributed by atoms with E-state index in [1.807, 2.05) is 55.5 Å². The van der Waals surface area contributed by atoms with Crippen molar-refractivity contribution in [2.24, 2.45) is 0 Å². The molecule has 0 unspecified atom stereocenters. The molecular formula is C17H13N3O. The second-order valence-electron chi connectivity index (χ2n) is 4.78. The maximum absolute atomic E-state index is 8.88. The fourth-order valence-electron chi connectivity index (χ4n) is 2.12. The van der Waals surface area contributed by atoms with Crippen molar-refractivity contribution in [2.45, 2.75) is 13.3 Å². The third kappa shape index (κ3) is 2.67. The van der Waals surface area contributed by atoms with E-state index in [9.17, 15) is 0 Å². The molecule has 0 N–H and O–H groups in total. The Morgan fingerprint density at radius 1 is 1.10 bits per heavy atom. The number of hydrogen-bond donors (Lipinski definition) is 0. The minimum atomic E-state index is 0.318. The molecule has 2 aromatic carbocycles. The molecule has 4 nitrogen and oxygen atoms in total. The minimum absolute atomic E-state index is 0.318. The highest BCUT2D eigenvalue weighted by Gasteiger charge is 2.13. The number of benzene rings is 2. The molecule has 21 heavy (non-hydrogen) atoms. The molecule has 0 fully saturated rings. The van der Waals surface area contributed by atoms with Crippen molar-refractivity contribution in [3.63, 3.8) is 0 Å². The second-order valence-corrected chi connectivity index (χ2v) is 4.78. The van der Waals surface area contributed by atoms with Gasteiger partial charge in [-0.05, 0) is 18.6 Å². The highest BCUT2D eigenvalue weighted by atomic mass is 16.5. The van der Waals surface area contributed by atoms with Gasteiger partial charge in [-0.25, -0.2) is 0 Å². The Kier molecular flexibility index (Phi) is 3.48. The maximum Gasteiger partial charge on any atom is 0.258 e. The van der Waals surface area contributed by atoms with E-state index in [0.29, 0.717) is 18.1 Å². The van der Waals surface area contributed by atoms with Gasteiger partial charge >= 0.3 is 0 Å². The molecule has 0 amide bonds.